The highest BCUT2D eigenvalue weighted by Gasteiger charge is 2.14. The number of rotatable bonds is 4. The van der Waals surface area contributed by atoms with E-state index in [1.54, 1.807) is 13.3 Å². The molecule has 0 spiro atoms. The van der Waals surface area contributed by atoms with Crippen molar-refractivity contribution >= 4 is 34.2 Å². The third kappa shape index (κ3) is 3.38. The summed E-state index contributed by atoms with van der Waals surface area (Å²) in [5.74, 6) is 0.745. The molecular weight excluding hydrogens is 375 g/mol. The molecule has 1 heterocycles. The van der Waals surface area contributed by atoms with Gasteiger partial charge in [-0.25, -0.2) is 0 Å². The Balaban J connectivity index is 2.40. The monoisotopic (exact) mass is 388 g/mol. The first-order chi connectivity index (χ1) is 9.15. The Morgan fingerprint density at radius 2 is 2.05 bits per heavy atom. The molecular formula is C14H14ClIN2O. The lowest BCUT2D eigenvalue weighted by atomic mass is 10.0. The van der Waals surface area contributed by atoms with Crippen molar-refractivity contribution in [2.45, 2.75) is 6.04 Å². The number of aromatic nitrogens is 1. The van der Waals surface area contributed by atoms with Crippen LogP contribution in [0.2, 0.25) is 5.02 Å². The predicted molar refractivity (Wildman–Crippen MR) is 85.9 cm³/mol. The van der Waals surface area contributed by atoms with Crippen molar-refractivity contribution in [3.8, 4) is 5.75 Å². The van der Waals surface area contributed by atoms with Gasteiger partial charge in [-0.1, -0.05) is 17.7 Å². The van der Waals surface area contributed by atoms with Gasteiger partial charge in [0.1, 0.15) is 5.75 Å². The summed E-state index contributed by atoms with van der Waals surface area (Å²) in [5.41, 5.74) is 2.14. The molecule has 0 aliphatic carbocycles. The van der Waals surface area contributed by atoms with Gasteiger partial charge >= 0.3 is 0 Å². The molecule has 1 aromatic heterocycles. The van der Waals surface area contributed by atoms with E-state index >= 15 is 0 Å². The summed E-state index contributed by atoms with van der Waals surface area (Å²) in [6.45, 7) is 0. The largest absolute Gasteiger partial charge is 0.495 e. The summed E-state index contributed by atoms with van der Waals surface area (Å²) in [6.07, 6.45) is 3.52. The van der Waals surface area contributed by atoms with Crippen molar-refractivity contribution in [3.05, 3.63) is 56.4 Å². The third-order valence-corrected chi connectivity index (χ3v) is 4.44. The summed E-state index contributed by atoms with van der Waals surface area (Å²) in [6, 6.07) is 8.06. The zero-order valence-electron chi connectivity index (χ0n) is 10.7. The van der Waals surface area contributed by atoms with Gasteiger partial charge in [0.25, 0.3) is 0 Å². The van der Waals surface area contributed by atoms with E-state index in [1.807, 2.05) is 31.4 Å². The number of benzene rings is 1. The zero-order valence-corrected chi connectivity index (χ0v) is 13.6. The van der Waals surface area contributed by atoms with Crippen LogP contribution in [0, 0.1) is 3.57 Å². The van der Waals surface area contributed by atoms with Crippen LogP contribution in [0.15, 0.2) is 36.7 Å². The van der Waals surface area contributed by atoms with Gasteiger partial charge in [0.15, 0.2) is 0 Å². The highest BCUT2D eigenvalue weighted by atomic mass is 127. The summed E-state index contributed by atoms with van der Waals surface area (Å²) >= 11 is 8.40. The summed E-state index contributed by atoms with van der Waals surface area (Å²) < 4.78 is 6.25. The Hall–Kier alpha value is -0.850. The molecule has 19 heavy (non-hydrogen) atoms. The zero-order chi connectivity index (χ0) is 13.8. The first-order valence-electron chi connectivity index (χ1n) is 5.77. The second-order valence-electron chi connectivity index (χ2n) is 4.05. The van der Waals surface area contributed by atoms with Crippen molar-refractivity contribution in [1.82, 2.24) is 10.3 Å². The van der Waals surface area contributed by atoms with E-state index in [9.17, 15) is 0 Å². The Morgan fingerprint density at radius 3 is 2.68 bits per heavy atom. The van der Waals surface area contributed by atoms with Crippen molar-refractivity contribution in [3.63, 3.8) is 0 Å². The van der Waals surface area contributed by atoms with Crippen LogP contribution in [0.25, 0.3) is 0 Å². The highest BCUT2D eigenvalue weighted by Crippen LogP contribution is 2.28. The number of nitrogens with zero attached hydrogens (tertiary/aromatic N) is 1. The number of ether oxygens (including phenoxy) is 1. The smallest absolute Gasteiger partial charge is 0.137 e. The van der Waals surface area contributed by atoms with E-state index in [2.05, 4.69) is 39.0 Å². The molecule has 0 saturated heterocycles. The molecule has 2 aromatic rings. The lowest BCUT2D eigenvalue weighted by Crippen LogP contribution is -2.18. The van der Waals surface area contributed by atoms with Crippen LogP contribution < -0.4 is 10.1 Å². The number of hydrogen-bond donors (Lipinski definition) is 1. The van der Waals surface area contributed by atoms with Gasteiger partial charge in [0.05, 0.1) is 24.4 Å². The molecule has 0 radical (unpaired) electrons. The molecule has 0 amide bonds. The molecule has 2 rings (SSSR count). The van der Waals surface area contributed by atoms with Crippen LogP contribution in [0.1, 0.15) is 17.2 Å². The molecule has 100 valence electrons. The number of pyridine rings is 1. The van der Waals surface area contributed by atoms with Crippen molar-refractivity contribution in [2.75, 3.05) is 14.2 Å². The molecule has 0 bridgehead atoms. The standard InChI is InChI=1S/C14H14ClIN2O/c1-17-14(9-3-4-13(16)12(15)6-9)10-5-11(19-2)8-18-7-10/h3-8,14,17H,1-2H3. The van der Waals surface area contributed by atoms with E-state index in [-0.39, 0.29) is 6.04 Å². The lowest BCUT2D eigenvalue weighted by molar-refractivity contribution is 0.411. The van der Waals surface area contributed by atoms with Gasteiger partial charge in [-0.05, 0) is 59.0 Å². The maximum atomic E-state index is 6.19. The van der Waals surface area contributed by atoms with E-state index in [1.165, 1.54) is 0 Å². The number of hydrogen-bond acceptors (Lipinski definition) is 3. The minimum atomic E-state index is 0.0390. The van der Waals surface area contributed by atoms with Crippen LogP contribution in [0.4, 0.5) is 0 Å². The SMILES string of the molecule is CNC(c1cncc(OC)c1)c1ccc(I)c(Cl)c1. The Labute approximate surface area is 131 Å². The second-order valence-corrected chi connectivity index (χ2v) is 5.62. The minimum absolute atomic E-state index is 0.0390. The number of nitrogens with one attached hydrogen (secondary N) is 1. The van der Waals surface area contributed by atoms with Gasteiger partial charge in [0, 0.05) is 9.77 Å². The molecule has 5 heteroatoms. The second kappa shape index (κ2) is 6.54. The van der Waals surface area contributed by atoms with Crippen molar-refractivity contribution in [1.29, 1.82) is 0 Å². The van der Waals surface area contributed by atoms with Gasteiger partial charge in [0.2, 0.25) is 0 Å². The van der Waals surface area contributed by atoms with Crippen molar-refractivity contribution in [2.24, 2.45) is 0 Å². The molecule has 1 atom stereocenters. The average Bonchev–Trinajstić information content (AvgIpc) is 2.44. The predicted octanol–water partition coefficient (Wildman–Crippen LogP) is 3.66. The Kier molecular flexibility index (Phi) is 5.01. The molecule has 0 fully saturated rings. The van der Waals surface area contributed by atoms with Gasteiger partial charge in [-0.3, -0.25) is 4.98 Å². The fourth-order valence-electron chi connectivity index (χ4n) is 1.92. The van der Waals surface area contributed by atoms with E-state index < -0.39 is 0 Å². The van der Waals surface area contributed by atoms with Gasteiger partial charge in [-0.15, -0.1) is 0 Å². The van der Waals surface area contributed by atoms with Gasteiger partial charge in [-0.2, -0.15) is 0 Å². The molecule has 0 aliphatic heterocycles. The first kappa shape index (κ1) is 14.6. The van der Waals surface area contributed by atoms with Crippen LogP contribution in [-0.2, 0) is 0 Å². The van der Waals surface area contributed by atoms with Gasteiger partial charge < -0.3 is 10.1 Å². The molecule has 1 aromatic carbocycles. The maximum absolute atomic E-state index is 6.19. The molecule has 0 saturated carbocycles. The summed E-state index contributed by atoms with van der Waals surface area (Å²) in [7, 11) is 3.55. The maximum Gasteiger partial charge on any atom is 0.137 e. The minimum Gasteiger partial charge on any atom is -0.495 e. The Morgan fingerprint density at radius 1 is 1.26 bits per heavy atom. The topological polar surface area (TPSA) is 34.2 Å². The summed E-state index contributed by atoms with van der Waals surface area (Å²) in [4.78, 5) is 4.19. The van der Waals surface area contributed by atoms with E-state index in [0.29, 0.717) is 0 Å². The molecule has 3 nitrogen and oxygen atoms in total. The normalized spacial score (nSPS) is 12.2. The number of halogens is 2. The fraction of sp³-hybridized carbons (Fsp3) is 0.214. The van der Waals surface area contributed by atoms with Crippen LogP contribution in [-0.4, -0.2) is 19.1 Å². The quantitative estimate of drug-likeness (QED) is 0.812. The van der Waals surface area contributed by atoms with Crippen LogP contribution >= 0.6 is 34.2 Å². The molecule has 1 N–H and O–H groups in total. The first-order valence-corrected chi connectivity index (χ1v) is 7.22. The Bertz CT molecular complexity index is 577. The van der Waals surface area contributed by atoms with Crippen LogP contribution in [0.5, 0.6) is 5.75 Å². The molecule has 0 aliphatic rings. The molecule has 1 unspecified atom stereocenters. The highest BCUT2D eigenvalue weighted by molar-refractivity contribution is 14.1. The van der Waals surface area contributed by atoms with E-state index in [4.69, 9.17) is 16.3 Å². The van der Waals surface area contributed by atoms with Crippen molar-refractivity contribution < 1.29 is 4.74 Å². The third-order valence-electron chi connectivity index (χ3n) is 2.87. The lowest BCUT2D eigenvalue weighted by Gasteiger charge is -2.18. The fourth-order valence-corrected chi connectivity index (χ4v) is 2.45. The van der Waals surface area contributed by atoms with E-state index in [0.717, 1.165) is 25.5 Å². The summed E-state index contributed by atoms with van der Waals surface area (Å²) in [5, 5.41) is 4.03. The average molecular weight is 389 g/mol. The van der Waals surface area contributed by atoms with Crippen LogP contribution in [0.3, 0.4) is 0 Å². The number of methoxy groups -OCH3 is 1.